The lowest BCUT2D eigenvalue weighted by molar-refractivity contribution is -0.134. The monoisotopic (exact) mass is 226 g/mol. The van der Waals surface area contributed by atoms with Crippen LogP contribution in [0.5, 0.6) is 0 Å². The van der Waals surface area contributed by atoms with E-state index >= 15 is 0 Å². The van der Waals surface area contributed by atoms with Gasteiger partial charge in [-0.05, 0) is 32.1 Å². The van der Waals surface area contributed by atoms with E-state index in [0.717, 1.165) is 19.0 Å². The highest BCUT2D eigenvalue weighted by Gasteiger charge is 2.32. The normalized spacial score (nSPS) is 30.1. The fraction of sp³-hybridized carbons (Fsp3) is 0.917. The molecule has 1 saturated carbocycles. The molecule has 2 fully saturated rings. The first-order valence-electron chi connectivity index (χ1n) is 6.41. The summed E-state index contributed by atoms with van der Waals surface area (Å²) in [5.74, 6) is 0.890. The number of nitrogens with zero attached hydrogens (tertiary/aromatic N) is 1. The van der Waals surface area contributed by atoms with E-state index in [9.17, 15) is 9.90 Å². The van der Waals surface area contributed by atoms with Gasteiger partial charge in [-0.1, -0.05) is 6.42 Å². The topological polar surface area (TPSA) is 52.6 Å². The zero-order chi connectivity index (χ0) is 11.5. The van der Waals surface area contributed by atoms with E-state index in [1.807, 2.05) is 11.8 Å². The van der Waals surface area contributed by atoms with Crippen LogP contribution in [0.15, 0.2) is 0 Å². The van der Waals surface area contributed by atoms with Crippen LogP contribution in [0.4, 0.5) is 0 Å². The van der Waals surface area contributed by atoms with Gasteiger partial charge in [0.05, 0.1) is 12.1 Å². The number of carbonyl (C=O) groups excluding carboxylic acids is 1. The average Bonchev–Trinajstić information content (AvgIpc) is 2.63. The van der Waals surface area contributed by atoms with E-state index in [1.165, 1.54) is 19.3 Å². The second-order valence-electron chi connectivity index (χ2n) is 5.02. The summed E-state index contributed by atoms with van der Waals surface area (Å²) < 4.78 is 0. The van der Waals surface area contributed by atoms with Gasteiger partial charge < -0.3 is 15.3 Å². The maximum Gasteiger partial charge on any atom is 0.239 e. The molecule has 0 bridgehead atoms. The highest BCUT2D eigenvalue weighted by Crippen LogP contribution is 2.27. The van der Waals surface area contributed by atoms with E-state index in [0.29, 0.717) is 13.0 Å². The van der Waals surface area contributed by atoms with Gasteiger partial charge in [0.1, 0.15) is 0 Å². The van der Waals surface area contributed by atoms with Crippen molar-refractivity contribution in [3.05, 3.63) is 0 Å². The Morgan fingerprint density at radius 2 is 2.25 bits per heavy atom. The number of nitrogens with one attached hydrogen (secondary N) is 1. The van der Waals surface area contributed by atoms with Gasteiger partial charge in [0.15, 0.2) is 0 Å². The number of hydrogen-bond acceptors (Lipinski definition) is 3. The largest absolute Gasteiger partial charge is 0.392 e. The van der Waals surface area contributed by atoms with Crippen molar-refractivity contribution in [1.82, 2.24) is 10.2 Å². The third kappa shape index (κ3) is 2.55. The van der Waals surface area contributed by atoms with Crippen LogP contribution in [0.25, 0.3) is 0 Å². The molecule has 2 rings (SSSR count). The van der Waals surface area contributed by atoms with E-state index in [1.54, 1.807) is 0 Å². The van der Waals surface area contributed by atoms with Crippen molar-refractivity contribution in [1.29, 1.82) is 0 Å². The third-order valence-electron chi connectivity index (χ3n) is 3.80. The van der Waals surface area contributed by atoms with Gasteiger partial charge in [-0.15, -0.1) is 0 Å². The lowest BCUT2D eigenvalue weighted by atomic mass is 9.85. The second-order valence-corrected chi connectivity index (χ2v) is 5.02. The van der Waals surface area contributed by atoms with Crippen LogP contribution in [0, 0.1) is 5.92 Å². The Morgan fingerprint density at radius 1 is 1.50 bits per heavy atom. The number of carbonyl (C=O) groups is 1. The van der Waals surface area contributed by atoms with Crippen molar-refractivity contribution in [3.63, 3.8) is 0 Å². The molecule has 92 valence electrons. The Balaban J connectivity index is 1.84. The van der Waals surface area contributed by atoms with E-state index < -0.39 is 0 Å². The summed E-state index contributed by atoms with van der Waals surface area (Å²) >= 11 is 0. The van der Waals surface area contributed by atoms with Crippen LogP contribution in [-0.4, -0.2) is 47.7 Å². The van der Waals surface area contributed by atoms with Crippen molar-refractivity contribution in [2.75, 3.05) is 19.6 Å². The maximum absolute atomic E-state index is 12.1. The van der Waals surface area contributed by atoms with Crippen molar-refractivity contribution < 1.29 is 9.90 Å². The summed E-state index contributed by atoms with van der Waals surface area (Å²) in [6, 6.07) is -0.157. The Morgan fingerprint density at radius 3 is 2.69 bits per heavy atom. The van der Waals surface area contributed by atoms with Crippen molar-refractivity contribution in [2.45, 2.75) is 44.8 Å². The van der Waals surface area contributed by atoms with Crippen LogP contribution in [0.1, 0.15) is 32.6 Å². The van der Waals surface area contributed by atoms with Gasteiger partial charge in [0, 0.05) is 19.6 Å². The molecule has 0 spiro atoms. The molecule has 1 aliphatic carbocycles. The fourth-order valence-electron chi connectivity index (χ4n) is 2.49. The minimum atomic E-state index is -0.351. The maximum atomic E-state index is 12.1. The Bertz CT molecular complexity index is 253. The number of hydrogen-bond donors (Lipinski definition) is 2. The molecule has 1 amide bonds. The Labute approximate surface area is 97.0 Å². The van der Waals surface area contributed by atoms with Crippen LogP contribution in [-0.2, 0) is 4.79 Å². The molecule has 0 aromatic carbocycles. The molecule has 1 saturated heterocycles. The predicted molar refractivity (Wildman–Crippen MR) is 62.0 cm³/mol. The SMILES string of the molecule is CCN(CC1CCC1)C(=O)C1CC(O)CN1. The van der Waals surface area contributed by atoms with Gasteiger partial charge in [0.2, 0.25) is 5.91 Å². The minimum Gasteiger partial charge on any atom is -0.392 e. The molecular weight excluding hydrogens is 204 g/mol. The van der Waals surface area contributed by atoms with Crippen molar-refractivity contribution >= 4 is 5.91 Å². The van der Waals surface area contributed by atoms with Crippen molar-refractivity contribution in [2.24, 2.45) is 5.92 Å². The molecule has 1 heterocycles. The minimum absolute atomic E-state index is 0.157. The summed E-state index contributed by atoms with van der Waals surface area (Å²) in [6.07, 6.45) is 4.07. The first-order chi connectivity index (χ1) is 7.70. The van der Waals surface area contributed by atoms with Gasteiger partial charge in [-0.25, -0.2) is 0 Å². The number of aliphatic hydroxyl groups is 1. The van der Waals surface area contributed by atoms with Gasteiger partial charge >= 0.3 is 0 Å². The molecule has 2 N–H and O–H groups in total. The molecule has 4 nitrogen and oxygen atoms in total. The molecule has 0 radical (unpaired) electrons. The van der Waals surface area contributed by atoms with E-state index in [2.05, 4.69) is 5.32 Å². The summed E-state index contributed by atoms with van der Waals surface area (Å²) in [5.41, 5.74) is 0. The molecule has 0 aromatic rings. The number of β-amino-alcohol motifs (C(OH)–C–C–N with tert-alkyl or cyclic N) is 1. The van der Waals surface area contributed by atoms with E-state index in [4.69, 9.17) is 0 Å². The predicted octanol–water partition coefficient (Wildman–Crippen LogP) is 0.358. The number of amides is 1. The highest BCUT2D eigenvalue weighted by atomic mass is 16.3. The molecule has 1 aliphatic heterocycles. The summed E-state index contributed by atoms with van der Waals surface area (Å²) in [7, 11) is 0. The zero-order valence-corrected chi connectivity index (χ0v) is 9.98. The molecule has 0 aromatic heterocycles. The second kappa shape index (κ2) is 5.15. The van der Waals surface area contributed by atoms with E-state index in [-0.39, 0.29) is 18.1 Å². The van der Waals surface area contributed by atoms with Crippen LogP contribution >= 0.6 is 0 Å². The van der Waals surface area contributed by atoms with Gasteiger partial charge in [-0.3, -0.25) is 4.79 Å². The summed E-state index contributed by atoms with van der Waals surface area (Å²) in [4.78, 5) is 14.1. The average molecular weight is 226 g/mol. The van der Waals surface area contributed by atoms with Crippen LogP contribution < -0.4 is 5.32 Å². The quantitative estimate of drug-likeness (QED) is 0.727. The number of rotatable bonds is 4. The first-order valence-corrected chi connectivity index (χ1v) is 6.41. The molecule has 2 atom stereocenters. The van der Waals surface area contributed by atoms with Gasteiger partial charge in [-0.2, -0.15) is 0 Å². The third-order valence-corrected chi connectivity index (χ3v) is 3.80. The summed E-state index contributed by atoms with van der Waals surface area (Å²) in [6.45, 7) is 4.27. The smallest absolute Gasteiger partial charge is 0.239 e. The van der Waals surface area contributed by atoms with Crippen LogP contribution in [0.2, 0.25) is 0 Å². The standard InChI is InChI=1S/C12H22N2O2/c1-2-14(8-9-4-3-5-9)12(16)11-6-10(15)7-13-11/h9-11,13,15H,2-8H2,1H3. The zero-order valence-electron chi connectivity index (χ0n) is 9.98. The molecule has 16 heavy (non-hydrogen) atoms. The number of aliphatic hydroxyl groups excluding tert-OH is 1. The molecular formula is C12H22N2O2. The van der Waals surface area contributed by atoms with Crippen LogP contribution in [0.3, 0.4) is 0 Å². The lowest BCUT2D eigenvalue weighted by Gasteiger charge is -2.33. The first kappa shape index (κ1) is 11.9. The lowest BCUT2D eigenvalue weighted by Crippen LogP contribution is -2.46. The molecule has 2 aliphatic rings. The number of likely N-dealkylation sites (N-methyl/N-ethyl adjacent to an activating group) is 1. The Kier molecular flexibility index (Phi) is 3.82. The highest BCUT2D eigenvalue weighted by molar-refractivity contribution is 5.82. The molecule has 2 unspecified atom stereocenters. The molecule has 4 heteroatoms. The Hall–Kier alpha value is -0.610. The summed E-state index contributed by atoms with van der Waals surface area (Å²) in [5, 5.41) is 12.5. The fourth-order valence-corrected chi connectivity index (χ4v) is 2.49. The van der Waals surface area contributed by atoms with Crippen molar-refractivity contribution in [3.8, 4) is 0 Å². The van der Waals surface area contributed by atoms with Gasteiger partial charge in [0.25, 0.3) is 0 Å².